The molecule has 0 spiro atoms. The molecule has 1 N–H and O–H groups in total. The summed E-state index contributed by atoms with van der Waals surface area (Å²) in [5, 5.41) is 3.21. The van der Waals surface area contributed by atoms with Gasteiger partial charge in [-0.3, -0.25) is 9.59 Å². The van der Waals surface area contributed by atoms with Crippen LogP contribution in [0.25, 0.3) is 0 Å². The highest BCUT2D eigenvalue weighted by molar-refractivity contribution is 6.31. The zero-order valence-electron chi connectivity index (χ0n) is 14.4. The van der Waals surface area contributed by atoms with Crippen molar-refractivity contribution in [3.8, 4) is 0 Å². The number of Topliss-reactive ketones (excluding diaryl/α,β-unsaturated/α-hetero) is 1. The molecule has 0 aliphatic rings. The summed E-state index contributed by atoms with van der Waals surface area (Å²) in [6.07, 6.45) is 0.528. The summed E-state index contributed by atoms with van der Waals surface area (Å²) in [4.78, 5) is 35.9. The Morgan fingerprint density at radius 2 is 1.96 bits per heavy atom. The van der Waals surface area contributed by atoms with Crippen molar-refractivity contribution >= 4 is 34.9 Å². The molecule has 1 aromatic heterocycles. The van der Waals surface area contributed by atoms with E-state index in [1.807, 2.05) is 0 Å². The van der Waals surface area contributed by atoms with Gasteiger partial charge in [0.15, 0.2) is 11.9 Å². The largest absolute Gasteiger partial charge is 0.448 e. The molecule has 25 heavy (non-hydrogen) atoms. The van der Waals surface area contributed by atoms with E-state index in [2.05, 4.69) is 5.32 Å². The number of nitrogens with one attached hydrogen (secondary N) is 1. The Labute approximate surface area is 150 Å². The highest BCUT2D eigenvalue weighted by Gasteiger charge is 2.22. The molecule has 0 aliphatic carbocycles. The predicted molar refractivity (Wildman–Crippen MR) is 95.1 cm³/mol. The summed E-state index contributed by atoms with van der Waals surface area (Å²) in [5.74, 6) is -1.31. The van der Waals surface area contributed by atoms with E-state index < -0.39 is 18.0 Å². The molecule has 132 valence electrons. The number of aryl methyl sites for hydroxylation is 1. The van der Waals surface area contributed by atoms with Crippen LogP contribution in [0.4, 0.5) is 5.69 Å². The summed E-state index contributed by atoms with van der Waals surface area (Å²) in [7, 11) is 1.63. The lowest BCUT2D eigenvalue weighted by atomic mass is 10.2. The van der Waals surface area contributed by atoms with E-state index in [-0.39, 0.29) is 11.5 Å². The number of rotatable bonds is 5. The number of hydrogen-bond acceptors (Lipinski definition) is 4. The summed E-state index contributed by atoms with van der Waals surface area (Å²) >= 11 is 6.02. The van der Waals surface area contributed by atoms with Gasteiger partial charge < -0.3 is 14.6 Å². The Balaban J connectivity index is 2.07. The Bertz CT molecular complexity index is 842. The minimum Gasteiger partial charge on any atom is -0.448 e. The molecule has 0 radical (unpaired) electrons. The van der Waals surface area contributed by atoms with Gasteiger partial charge in [-0.1, -0.05) is 17.7 Å². The van der Waals surface area contributed by atoms with Crippen molar-refractivity contribution < 1.29 is 19.1 Å². The van der Waals surface area contributed by atoms with E-state index in [9.17, 15) is 14.4 Å². The molecule has 0 saturated heterocycles. The quantitative estimate of drug-likeness (QED) is 0.653. The van der Waals surface area contributed by atoms with Crippen LogP contribution in [0, 0.1) is 6.92 Å². The van der Waals surface area contributed by atoms with Crippen LogP contribution >= 0.6 is 11.6 Å². The Morgan fingerprint density at radius 3 is 2.56 bits per heavy atom. The minimum atomic E-state index is -1.01. The van der Waals surface area contributed by atoms with Crippen molar-refractivity contribution in [3.63, 3.8) is 0 Å². The van der Waals surface area contributed by atoms with Crippen molar-refractivity contribution in [1.29, 1.82) is 0 Å². The fourth-order valence-electron chi connectivity index (χ4n) is 2.21. The molecule has 1 heterocycles. The van der Waals surface area contributed by atoms with E-state index in [1.54, 1.807) is 38.4 Å². The number of halogens is 1. The zero-order chi connectivity index (χ0) is 18.7. The number of amides is 1. The molecule has 1 amide bonds. The van der Waals surface area contributed by atoms with Crippen LogP contribution in [0.3, 0.4) is 0 Å². The molecular weight excluding hydrogens is 344 g/mol. The standard InChI is InChI=1S/C18H19ClN2O4/c1-10-14(19)6-5-7-15(10)20-17(23)12(3)25-18(24)16-8-13(11(2)22)9-21(16)4/h5-9,12H,1-4H3,(H,20,23)/t12-/m1/s1. The number of carbonyl (C=O) groups excluding carboxylic acids is 3. The number of ketones is 1. The van der Waals surface area contributed by atoms with Gasteiger partial charge >= 0.3 is 5.97 Å². The molecule has 0 saturated carbocycles. The normalized spacial score (nSPS) is 11.7. The van der Waals surface area contributed by atoms with Crippen LogP contribution in [-0.2, 0) is 16.6 Å². The summed E-state index contributed by atoms with van der Waals surface area (Å²) < 4.78 is 6.69. The number of carbonyl (C=O) groups is 3. The van der Waals surface area contributed by atoms with E-state index >= 15 is 0 Å². The number of hydrogen-bond donors (Lipinski definition) is 1. The van der Waals surface area contributed by atoms with E-state index in [4.69, 9.17) is 16.3 Å². The number of ether oxygens (including phenoxy) is 1. The summed E-state index contributed by atoms with van der Waals surface area (Å²) in [6, 6.07) is 6.59. The van der Waals surface area contributed by atoms with Crippen molar-refractivity contribution in [2.75, 3.05) is 5.32 Å². The number of aromatic nitrogens is 1. The predicted octanol–water partition coefficient (Wildman–Crippen LogP) is 3.37. The third-order valence-corrected chi connectivity index (χ3v) is 4.21. The first-order chi connectivity index (χ1) is 11.7. The average molecular weight is 363 g/mol. The molecule has 1 atom stereocenters. The Kier molecular flexibility index (Phi) is 5.64. The smallest absolute Gasteiger partial charge is 0.355 e. The lowest BCUT2D eigenvalue weighted by molar-refractivity contribution is -0.123. The van der Waals surface area contributed by atoms with Gasteiger partial charge in [0.2, 0.25) is 0 Å². The third kappa shape index (κ3) is 4.28. The maximum atomic E-state index is 12.2. The Morgan fingerprint density at radius 1 is 1.28 bits per heavy atom. The third-order valence-electron chi connectivity index (χ3n) is 3.80. The maximum Gasteiger partial charge on any atom is 0.355 e. The molecule has 0 bridgehead atoms. The fourth-order valence-corrected chi connectivity index (χ4v) is 2.39. The number of esters is 1. The van der Waals surface area contributed by atoms with Crippen LogP contribution in [0.5, 0.6) is 0 Å². The molecule has 6 nitrogen and oxygen atoms in total. The van der Waals surface area contributed by atoms with Gasteiger partial charge in [-0.25, -0.2) is 4.79 Å². The van der Waals surface area contributed by atoms with Gasteiger partial charge in [0.25, 0.3) is 5.91 Å². The maximum absolute atomic E-state index is 12.2. The molecule has 0 unspecified atom stereocenters. The van der Waals surface area contributed by atoms with Crippen molar-refractivity contribution in [2.45, 2.75) is 26.9 Å². The SMILES string of the molecule is CC(=O)c1cc(C(=O)O[C@H](C)C(=O)Nc2cccc(Cl)c2C)n(C)c1. The van der Waals surface area contributed by atoms with Gasteiger partial charge in [-0.15, -0.1) is 0 Å². The van der Waals surface area contributed by atoms with Crippen LogP contribution in [0.2, 0.25) is 5.02 Å². The minimum absolute atomic E-state index is 0.156. The van der Waals surface area contributed by atoms with E-state index in [1.165, 1.54) is 24.5 Å². The van der Waals surface area contributed by atoms with Gasteiger partial charge in [0.05, 0.1) is 0 Å². The molecule has 7 heteroatoms. The average Bonchev–Trinajstić information content (AvgIpc) is 2.94. The Hall–Kier alpha value is -2.60. The van der Waals surface area contributed by atoms with Crippen molar-refractivity contribution in [1.82, 2.24) is 4.57 Å². The monoisotopic (exact) mass is 362 g/mol. The van der Waals surface area contributed by atoms with Crippen LogP contribution in [-0.4, -0.2) is 28.3 Å². The second-order valence-corrected chi connectivity index (χ2v) is 6.14. The first-order valence-corrected chi connectivity index (χ1v) is 8.02. The lowest BCUT2D eigenvalue weighted by Crippen LogP contribution is -2.30. The lowest BCUT2D eigenvalue weighted by Gasteiger charge is -2.15. The summed E-state index contributed by atoms with van der Waals surface area (Å²) in [6.45, 7) is 4.66. The molecule has 0 fully saturated rings. The second-order valence-electron chi connectivity index (χ2n) is 5.73. The molecule has 2 aromatic rings. The van der Waals surface area contributed by atoms with Crippen molar-refractivity contribution in [3.05, 3.63) is 52.3 Å². The second kappa shape index (κ2) is 7.53. The number of anilines is 1. The first-order valence-electron chi connectivity index (χ1n) is 7.65. The van der Waals surface area contributed by atoms with Crippen LogP contribution in [0.1, 0.15) is 40.3 Å². The van der Waals surface area contributed by atoms with Crippen LogP contribution < -0.4 is 5.32 Å². The highest BCUT2D eigenvalue weighted by atomic mass is 35.5. The fraction of sp³-hybridized carbons (Fsp3) is 0.278. The number of benzene rings is 1. The molecule has 2 rings (SSSR count). The summed E-state index contributed by atoms with van der Waals surface area (Å²) in [5.41, 5.74) is 1.88. The van der Waals surface area contributed by atoms with E-state index in [0.29, 0.717) is 16.3 Å². The van der Waals surface area contributed by atoms with Crippen molar-refractivity contribution in [2.24, 2.45) is 7.05 Å². The van der Waals surface area contributed by atoms with Gasteiger partial charge in [0, 0.05) is 29.5 Å². The first kappa shape index (κ1) is 18.7. The molecule has 0 aliphatic heterocycles. The molecular formula is C18H19ClN2O4. The zero-order valence-corrected chi connectivity index (χ0v) is 15.2. The topological polar surface area (TPSA) is 77.4 Å². The number of nitrogens with zero attached hydrogens (tertiary/aromatic N) is 1. The highest BCUT2D eigenvalue weighted by Crippen LogP contribution is 2.23. The van der Waals surface area contributed by atoms with Gasteiger partial charge in [0.1, 0.15) is 5.69 Å². The van der Waals surface area contributed by atoms with E-state index in [0.717, 1.165) is 5.56 Å². The van der Waals surface area contributed by atoms with Gasteiger partial charge in [-0.2, -0.15) is 0 Å². The van der Waals surface area contributed by atoms with Gasteiger partial charge in [-0.05, 0) is 44.5 Å². The van der Waals surface area contributed by atoms with Crippen LogP contribution in [0.15, 0.2) is 30.5 Å². The molecule has 1 aromatic carbocycles.